The van der Waals surface area contributed by atoms with Crippen LogP contribution in [0, 0.1) is 47.3 Å². The van der Waals surface area contributed by atoms with E-state index in [4.69, 9.17) is 0 Å². The number of hydrogen-bond acceptors (Lipinski definition) is 0. The highest BCUT2D eigenvalue weighted by atomic mass is 31.1. The first-order valence-electron chi connectivity index (χ1n) is 8.91. The Kier molecular flexibility index (Phi) is 10.7. The van der Waals surface area contributed by atoms with Crippen LogP contribution in [-0.4, -0.2) is 11.8 Å². The monoisotopic (exact) mass is 310 g/mol. The van der Waals surface area contributed by atoms with Crippen molar-refractivity contribution in [1.82, 2.24) is 0 Å². The minimum Gasteiger partial charge on any atom is -0.119 e. The quantitative estimate of drug-likeness (QED) is 0.346. The Morgan fingerprint density at radius 1 is 0.905 bits per heavy atom. The summed E-state index contributed by atoms with van der Waals surface area (Å²) in [4.78, 5) is 0. The van der Waals surface area contributed by atoms with Gasteiger partial charge in [-0.2, -0.15) is 0 Å². The predicted molar refractivity (Wildman–Crippen MR) is 101 cm³/mol. The molecule has 0 fully saturated rings. The zero-order chi connectivity index (χ0) is 16.6. The van der Waals surface area contributed by atoms with Crippen LogP contribution in [-0.2, 0) is 0 Å². The molecule has 0 saturated heterocycles. The molecule has 124 valence electrons. The first-order chi connectivity index (χ1) is 9.76. The summed E-state index contributed by atoms with van der Waals surface area (Å²) in [6.07, 6.45) is 2.72. The Morgan fingerprint density at radius 2 is 1.48 bits per heavy atom. The first kappa shape index (κ1) is 21.0. The van der Waals surface area contributed by atoms with E-state index in [1.54, 1.807) is 0 Å². The molecule has 1 heteroatoms. The van der Waals surface area contributed by atoms with Gasteiger partial charge in [0.15, 0.2) is 0 Å². The second-order valence-corrected chi connectivity index (χ2v) is 9.37. The van der Waals surface area contributed by atoms with Gasteiger partial charge in [0.1, 0.15) is 0 Å². The lowest BCUT2D eigenvalue weighted by Crippen LogP contribution is -2.34. The third-order valence-corrected chi connectivity index (χ3v) is 6.67. The van der Waals surface area contributed by atoms with Gasteiger partial charge >= 0.3 is 0 Å². The van der Waals surface area contributed by atoms with E-state index < -0.39 is 0 Å². The fraction of sp³-hybridized carbons (Fsp3) is 0.900. The molecule has 0 heterocycles. The lowest BCUT2D eigenvalue weighted by Gasteiger charge is -2.39. The molecule has 0 nitrogen and oxygen atoms in total. The van der Waals surface area contributed by atoms with Crippen LogP contribution in [0.3, 0.4) is 0 Å². The molecule has 0 bridgehead atoms. The molecule has 6 atom stereocenters. The van der Waals surface area contributed by atoms with E-state index >= 15 is 0 Å². The summed E-state index contributed by atoms with van der Waals surface area (Å²) in [7, 11) is 1.12. The maximum atomic E-state index is 3.40. The molecule has 0 aromatic carbocycles. The van der Waals surface area contributed by atoms with Gasteiger partial charge in [0.2, 0.25) is 0 Å². The number of hydrogen-bond donors (Lipinski definition) is 0. The lowest BCUT2D eigenvalue weighted by molar-refractivity contribution is 0.153. The molecule has 0 spiro atoms. The zero-order valence-corrected chi connectivity index (χ0v) is 17.0. The van der Waals surface area contributed by atoms with Gasteiger partial charge in [0.05, 0.1) is 0 Å². The Bertz CT molecular complexity index is 320. The largest absolute Gasteiger partial charge is 0.119 e. The van der Waals surface area contributed by atoms with Crippen LogP contribution < -0.4 is 0 Å². The molecule has 21 heavy (non-hydrogen) atoms. The zero-order valence-electron chi connectivity index (χ0n) is 16.0. The van der Waals surface area contributed by atoms with E-state index in [-0.39, 0.29) is 0 Å². The number of rotatable bonds is 9. The summed E-state index contributed by atoms with van der Waals surface area (Å²) < 4.78 is 0. The average molecular weight is 311 g/mol. The van der Waals surface area contributed by atoms with E-state index in [2.05, 4.69) is 67.2 Å². The van der Waals surface area contributed by atoms with Gasteiger partial charge < -0.3 is 0 Å². The van der Waals surface area contributed by atoms with Gasteiger partial charge in [-0.05, 0) is 54.8 Å². The van der Waals surface area contributed by atoms with Crippen LogP contribution in [0.1, 0.15) is 68.7 Å². The van der Waals surface area contributed by atoms with Gasteiger partial charge in [0.25, 0.3) is 0 Å². The maximum absolute atomic E-state index is 3.40. The summed E-state index contributed by atoms with van der Waals surface area (Å²) in [5.74, 6) is 10.9. The average Bonchev–Trinajstić information content (AvgIpc) is 2.37. The van der Waals surface area contributed by atoms with Crippen LogP contribution in [0.25, 0.3) is 0 Å². The van der Waals surface area contributed by atoms with Crippen molar-refractivity contribution in [2.24, 2.45) is 35.5 Å². The highest BCUT2D eigenvalue weighted by Gasteiger charge is 2.33. The van der Waals surface area contributed by atoms with Crippen molar-refractivity contribution in [3.63, 3.8) is 0 Å². The molecule has 0 aromatic heterocycles. The molecule has 0 aromatic rings. The topological polar surface area (TPSA) is 0 Å². The molecule has 6 unspecified atom stereocenters. The van der Waals surface area contributed by atoms with Crippen LogP contribution in [0.5, 0.6) is 0 Å². The smallest absolute Gasteiger partial charge is 0.0202 e. The van der Waals surface area contributed by atoms with Crippen molar-refractivity contribution in [2.75, 3.05) is 6.16 Å². The van der Waals surface area contributed by atoms with Gasteiger partial charge in [-0.3, -0.25) is 0 Å². The van der Waals surface area contributed by atoms with E-state index in [0.29, 0.717) is 11.8 Å². The van der Waals surface area contributed by atoms with Gasteiger partial charge in [-0.25, -0.2) is 0 Å². The van der Waals surface area contributed by atoms with E-state index in [9.17, 15) is 0 Å². The molecule has 0 radical (unpaired) electrons. The second kappa shape index (κ2) is 10.7. The molecular weight excluding hydrogens is 271 g/mol. The molecule has 0 aliphatic carbocycles. The summed E-state index contributed by atoms with van der Waals surface area (Å²) in [5, 5.41) is 0. The second-order valence-electron chi connectivity index (χ2n) is 7.52. The van der Waals surface area contributed by atoms with Crippen molar-refractivity contribution in [1.29, 1.82) is 0 Å². The molecular formula is C20H39P. The third kappa shape index (κ3) is 7.19. The SMILES string of the molecule is CC#CC(C)C(C)C(C(C)C)C(C)C(CC(C)C)PCC. The van der Waals surface area contributed by atoms with Gasteiger partial charge in [-0.1, -0.05) is 55.4 Å². The molecule has 0 saturated carbocycles. The van der Waals surface area contributed by atoms with Crippen LogP contribution in [0.2, 0.25) is 0 Å². The van der Waals surface area contributed by atoms with Crippen molar-refractivity contribution < 1.29 is 0 Å². The Balaban J connectivity index is 5.16. The fourth-order valence-corrected chi connectivity index (χ4v) is 5.66. The Morgan fingerprint density at radius 3 is 1.86 bits per heavy atom. The summed E-state index contributed by atoms with van der Waals surface area (Å²) in [6.45, 7) is 21.1. The molecule has 0 amide bonds. The lowest BCUT2D eigenvalue weighted by atomic mass is 9.70. The van der Waals surface area contributed by atoms with E-state index in [1.165, 1.54) is 12.6 Å². The molecule has 0 rings (SSSR count). The van der Waals surface area contributed by atoms with Crippen molar-refractivity contribution in [3.8, 4) is 11.8 Å². The molecule has 0 N–H and O–H groups in total. The first-order valence-corrected chi connectivity index (χ1v) is 10.2. The van der Waals surface area contributed by atoms with Crippen molar-refractivity contribution in [2.45, 2.75) is 74.4 Å². The standard InChI is InChI=1S/C20H39P/c1-10-12-16(7)17(8)20(15(5)6)18(9)19(21-11-2)13-14(3)4/h14-21H,11,13H2,1-9H3. The van der Waals surface area contributed by atoms with Crippen molar-refractivity contribution >= 4 is 8.58 Å². The molecule has 0 aliphatic heterocycles. The van der Waals surface area contributed by atoms with Crippen LogP contribution in [0.4, 0.5) is 0 Å². The predicted octanol–water partition coefficient (Wildman–Crippen LogP) is 6.30. The van der Waals surface area contributed by atoms with Crippen LogP contribution >= 0.6 is 8.58 Å². The van der Waals surface area contributed by atoms with Crippen molar-refractivity contribution in [3.05, 3.63) is 0 Å². The Labute approximate surface area is 137 Å². The normalized spacial score (nSPS) is 19.4. The summed E-state index contributed by atoms with van der Waals surface area (Å²) in [6, 6.07) is 0. The van der Waals surface area contributed by atoms with Crippen LogP contribution in [0.15, 0.2) is 0 Å². The third-order valence-electron chi connectivity index (χ3n) is 4.97. The minimum absolute atomic E-state index is 0.509. The van der Waals surface area contributed by atoms with E-state index in [0.717, 1.165) is 37.9 Å². The van der Waals surface area contributed by atoms with Gasteiger partial charge in [-0.15, -0.1) is 20.4 Å². The molecule has 0 aliphatic rings. The highest BCUT2D eigenvalue weighted by Crippen LogP contribution is 2.42. The highest BCUT2D eigenvalue weighted by molar-refractivity contribution is 7.38. The van der Waals surface area contributed by atoms with Gasteiger partial charge in [0, 0.05) is 5.92 Å². The van der Waals surface area contributed by atoms with E-state index in [1.807, 2.05) is 6.92 Å². The summed E-state index contributed by atoms with van der Waals surface area (Å²) in [5.41, 5.74) is 0.895. The maximum Gasteiger partial charge on any atom is 0.0202 e. The summed E-state index contributed by atoms with van der Waals surface area (Å²) >= 11 is 0. The minimum atomic E-state index is 0.509. The Hall–Kier alpha value is -0.0100. The fourth-order valence-electron chi connectivity index (χ4n) is 3.91.